The number of nitrogens with one attached hydrogen (secondary N) is 1. The van der Waals surface area contributed by atoms with Gasteiger partial charge in [-0.2, -0.15) is 5.10 Å². The topological polar surface area (TPSA) is 61.8 Å². The molecule has 3 rings (SSSR count). The van der Waals surface area contributed by atoms with Crippen LogP contribution >= 0.6 is 0 Å². The lowest BCUT2D eigenvalue weighted by Crippen LogP contribution is -2.25. The highest BCUT2D eigenvalue weighted by molar-refractivity contribution is 6.03. The molecule has 2 amide bonds. The first-order valence-corrected chi connectivity index (χ1v) is 9.25. The Bertz CT molecular complexity index is 865. The molecule has 0 spiro atoms. The molecule has 27 heavy (non-hydrogen) atoms. The van der Waals surface area contributed by atoms with Gasteiger partial charge in [-0.15, -0.1) is 0 Å². The normalized spacial score (nSPS) is 13.4. The Kier molecular flexibility index (Phi) is 5.69. The van der Waals surface area contributed by atoms with Gasteiger partial charge in [-0.05, 0) is 37.5 Å². The second-order valence-corrected chi connectivity index (χ2v) is 7.00. The molecule has 0 saturated heterocycles. The van der Waals surface area contributed by atoms with Gasteiger partial charge >= 0.3 is 0 Å². The van der Waals surface area contributed by atoms with Crippen molar-refractivity contribution in [2.24, 2.45) is 5.10 Å². The smallest absolute Gasteiger partial charge is 0.243 e. The molecule has 0 saturated carbocycles. The summed E-state index contributed by atoms with van der Waals surface area (Å²) in [5, 5.41) is 8.85. The fraction of sp³-hybridized carbons (Fsp3) is 0.318. The molecule has 140 valence electrons. The van der Waals surface area contributed by atoms with E-state index in [0.29, 0.717) is 6.54 Å². The van der Waals surface area contributed by atoms with Crippen LogP contribution in [0.25, 0.3) is 0 Å². The second kappa shape index (κ2) is 8.16. The third-order valence-corrected chi connectivity index (χ3v) is 4.70. The van der Waals surface area contributed by atoms with Crippen LogP contribution in [-0.4, -0.2) is 29.1 Å². The lowest BCUT2D eigenvalue weighted by molar-refractivity contribution is -0.132. The monoisotopic (exact) mass is 363 g/mol. The molecule has 0 atom stereocenters. The predicted octanol–water partition coefficient (Wildman–Crippen LogP) is 3.97. The molecule has 1 N–H and O–H groups in total. The average molecular weight is 363 g/mol. The van der Waals surface area contributed by atoms with E-state index in [1.807, 2.05) is 63.2 Å². The number of hydrogen-bond donors (Lipinski definition) is 1. The summed E-state index contributed by atoms with van der Waals surface area (Å²) >= 11 is 0. The maximum Gasteiger partial charge on any atom is 0.243 e. The molecule has 1 heterocycles. The van der Waals surface area contributed by atoms with Gasteiger partial charge in [0, 0.05) is 24.9 Å². The first kappa shape index (κ1) is 18.8. The zero-order chi connectivity index (χ0) is 19.4. The largest absolute Gasteiger partial charge is 0.326 e. The maximum atomic E-state index is 12.4. The average Bonchev–Trinajstić information content (AvgIpc) is 3.14. The fourth-order valence-corrected chi connectivity index (χ4v) is 3.40. The minimum Gasteiger partial charge on any atom is -0.326 e. The van der Waals surface area contributed by atoms with E-state index in [1.54, 1.807) is 0 Å². The van der Waals surface area contributed by atoms with Crippen molar-refractivity contribution in [1.82, 2.24) is 5.01 Å². The third kappa shape index (κ3) is 4.61. The number of aryl methyl sites for hydroxylation is 3. The summed E-state index contributed by atoms with van der Waals surface area (Å²) < 4.78 is 0. The number of benzene rings is 2. The van der Waals surface area contributed by atoms with E-state index in [4.69, 9.17) is 0 Å². The highest BCUT2D eigenvalue weighted by atomic mass is 16.2. The third-order valence-electron chi connectivity index (χ3n) is 4.70. The number of nitrogens with zero attached hydrogens (tertiary/aromatic N) is 2. The number of carbonyl (C=O) groups excluding carboxylic acids is 2. The Morgan fingerprint density at radius 3 is 2.37 bits per heavy atom. The molecule has 0 fully saturated rings. The molecule has 0 radical (unpaired) electrons. The molecule has 5 nitrogen and oxygen atoms in total. The zero-order valence-electron chi connectivity index (χ0n) is 16.1. The number of rotatable bonds is 5. The molecular formula is C22H25N3O2. The SMILES string of the molecule is Cc1cc(C)c(NC(=O)CCC(=O)N2CCC(c3ccccc3)=N2)c(C)c1. The number of hydrogen-bond acceptors (Lipinski definition) is 3. The van der Waals surface area contributed by atoms with E-state index in [9.17, 15) is 9.59 Å². The van der Waals surface area contributed by atoms with Crippen LogP contribution in [0.5, 0.6) is 0 Å². The van der Waals surface area contributed by atoms with Crippen molar-refractivity contribution in [2.75, 3.05) is 11.9 Å². The van der Waals surface area contributed by atoms with Gasteiger partial charge in [0.05, 0.1) is 12.3 Å². The molecule has 0 bridgehead atoms. The Morgan fingerprint density at radius 2 is 1.70 bits per heavy atom. The van der Waals surface area contributed by atoms with Gasteiger partial charge in [-0.1, -0.05) is 48.0 Å². The summed E-state index contributed by atoms with van der Waals surface area (Å²) in [5.41, 5.74) is 6.02. The van der Waals surface area contributed by atoms with Crippen molar-refractivity contribution in [2.45, 2.75) is 40.0 Å². The van der Waals surface area contributed by atoms with Crippen molar-refractivity contribution in [3.8, 4) is 0 Å². The van der Waals surface area contributed by atoms with Gasteiger partial charge in [-0.3, -0.25) is 9.59 Å². The van der Waals surface area contributed by atoms with E-state index < -0.39 is 0 Å². The highest BCUT2D eigenvalue weighted by Gasteiger charge is 2.22. The number of hydrazone groups is 1. The summed E-state index contributed by atoms with van der Waals surface area (Å²) in [4.78, 5) is 24.7. The summed E-state index contributed by atoms with van der Waals surface area (Å²) in [6.45, 7) is 6.56. The van der Waals surface area contributed by atoms with Crippen LogP contribution in [0, 0.1) is 20.8 Å². The quantitative estimate of drug-likeness (QED) is 0.874. The highest BCUT2D eigenvalue weighted by Crippen LogP contribution is 2.22. The van der Waals surface area contributed by atoms with Crippen molar-refractivity contribution in [3.05, 3.63) is 64.7 Å². The van der Waals surface area contributed by atoms with Crippen LogP contribution in [0.4, 0.5) is 5.69 Å². The minimum atomic E-state index is -0.148. The number of anilines is 1. The van der Waals surface area contributed by atoms with Gasteiger partial charge < -0.3 is 5.32 Å². The Morgan fingerprint density at radius 1 is 1.04 bits per heavy atom. The number of amides is 2. The second-order valence-electron chi connectivity index (χ2n) is 7.00. The standard InChI is InChI=1S/C22H25N3O2/c1-15-13-16(2)22(17(3)14-15)23-20(26)9-10-21(27)25-12-11-19(24-25)18-7-5-4-6-8-18/h4-8,13-14H,9-12H2,1-3H3,(H,23,26). The van der Waals surface area contributed by atoms with Crippen molar-refractivity contribution in [1.29, 1.82) is 0 Å². The molecule has 0 aliphatic carbocycles. The van der Waals surface area contributed by atoms with E-state index in [-0.39, 0.29) is 24.7 Å². The van der Waals surface area contributed by atoms with Crippen LogP contribution in [-0.2, 0) is 9.59 Å². The Balaban J connectivity index is 1.55. The summed E-state index contributed by atoms with van der Waals surface area (Å²) in [7, 11) is 0. The summed E-state index contributed by atoms with van der Waals surface area (Å²) in [6.07, 6.45) is 1.04. The van der Waals surface area contributed by atoms with E-state index in [2.05, 4.69) is 10.4 Å². The van der Waals surface area contributed by atoms with Gasteiger partial charge in [0.2, 0.25) is 11.8 Å². The molecular weight excluding hydrogens is 338 g/mol. The van der Waals surface area contributed by atoms with Gasteiger partial charge in [0.15, 0.2) is 0 Å². The molecule has 0 unspecified atom stereocenters. The molecule has 1 aliphatic rings. The predicted molar refractivity (Wildman–Crippen MR) is 108 cm³/mol. The molecule has 0 aromatic heterocycles. The minimum absolute atomic E-state index is 0.117. The van der Waals surface area contributed by atoms with E-state index >= 15 is 0 Å². The number of carbonyl (C=O) groups is 2. The van der Waals surface area contributed by atoms with Crippen molar-refractivity contribution < 1.29 is 9.59 Å². The summed E-state index contributed by atoms with van der Waals surface area (Å²) in [6, 6.07) is 13.9. The van der Waals surface area contributed by atoms with Crippen molar-refractivity contribution >= 4 is 23.2 Å². The van der Waals surface area contributed by atoms with Crippen molar-refractivity contribution in [3.63, 3.8) is 0 Å². The Labute approximate surface area is 160 Å². The van der Waals surface area contributed by atoms with Gasteiger partial charge in [-0.25, -0.2) is 5.01 Å². The van der Waals surface area contributed by atoms with Crippen LogP contribution in [0.2, 0.25) is 0 Å². The van der Waals surface area contributed by atoms with Gasteiger partial charge in [0.25, 0.3) is 0 Å². The van der Waals surface area contributed by atoms with Crippen LogP contribution in [0.15, 0.2) is 47.6 Å². The summed E-state index contributed by atoms with van der Waals surface area (Å²) in [5.74, 6) is -0.265. The Hall–Kier alpha value is -2.95. The van der Waals surface area contributed by atoms with Crippen LogP contribution in [0.3, 0.4) is 0 Å². The maximum absolute atomic E-state index is 12.4. The molecule has 2 aromatic rings. The molecule has 1 aliphatic heterocycles. The van der Waals surface area contributed by atoms with Gasteiger partial charge in [0.1, 0.15) is 0 Å². The molecule has 2 aromatic carbocycles. The lowest BCUT2D eigenvalue weighted by Gasteiger charge is -2.14. The zero-order valence-corrected chi connectivity index (χ0v) is 16.1. The first-order chi connectivity index (χ1) is 12.9. The lowest BCUT2D eigenvalue weighted by atomic mass is 10.0. The van der Waals surface area contributed by atoms with E-state index in [1.165, 1.54) is 10.6 Å². The van der Waals surface area contributed by atoms with Crippen LogP contribution in [0.1, 0.15) is 41.5 Å². The first-order valence-electron chi connectivity index (χ1n) is 9.25. The molecule has 5 heteroatoms. The fourth-order valence-electron chi connectivity index (χ4n) is 3.40. The van der Waals surface area contributed by atoms with E-state index in [0.717, 1.165) is 34.5 Å². The van der Waals surface area contributed by atoms with Crippen LogP contribution < -0.4 is 5.32 Å².